The molecule has 4 aromatic rings. The van der Waals surface area contributed by atoms with Gasteiger partial charge in [0.2, 0.25) is 5.91 Å². The number of aryl methyl sites for hydroxylation is 1. The molecule has 1 aromatic carbocycles. The van der Waals surface area contributed by atoms with E-state index < -0.39 is 16.1 Å². The number of carbonyl (C=O) groups excluding carboxylic acids is 1. The molecule has 7 nitrogen and oxygen atoms in total. The van der Waals surface area contributed by atoms with Gasteiger partial charge in [0.25, 0.3) is 10.0 Å². The quantitative estimate of drug-likeness (QED) is 0.392. The topological polar surface area (TPSA) is 83.5 Å². The van der Waals surface area contributed by atoms with Crippen LogP contribution in [0.25, 0.3) is 10.2 Å². The SMILES string of the molecule is Cc1ccc2nc(N(Cc3ccccn3)C(=O)[C@H]3CCCN3S(=O)(=O)c3cccs3)sc2c1. The molecular formula is C23H22N4O3S3. The third-order valence-electron chi connectivity index (χ3n) is 5.62. The number of rotatable bonds is 6. The van der Waals surface area contributed by atoms with Crippen molar-refractivity contribution in [2.75, 3.05) is 11.4 Å². The summed E-state index contributed by atoms with van der Waals surface area (Å²) < 4.78 is 29.1. The van der Waals surface area contributed by atoms with Gasteiger partial charge in [0.1, 0.15) is 10.3 Å². The Hall–Kier alpha value is -2.66. The summed E-state index contributed by atoms with van der Waals surface area (Å²) in [7, 11) is -3.74. The number of nitrogens with zero attached hydrogens (tertiary/aromatic N) is 4. The van der Waals surface area contributed by atoms with Gasteiger partial charge in [-0.1, -0.05) is 29.5 Å². The van der Waals surface area contributed by atoms with E-state index in [-0.39, 0.29) is 16.7 Å². The van der Waals surface area contributed by atoms with Crippen LogP contribution in [0.5, 0.6) is 0 Å². The van der Waals surface area contributed by atoms with Crippen molar-refractivity contribution in [3.63, 3.8) is 0 Å². The zero-order valence-corrected chi connectivity index (χ0v) is 20.4. The Kier molecular flexibility index (Phi) is 6.00. The minimum atomic E-state index is -3.74. The zero-order chi connectivity index (χ0) is 23.0. The highest BCUT2D eigenvalue weighted by atomic mass is 32.2. The predicted molar refractivity (Wildman–Crippen MR) is 131 cm³/mol. The third-order valence-corrected chi connectivity index (χ3v) is 9.94. The maximum absolute atomic E-state index is 13.9. The van der Waals surface area contributed by atoms with E-state index in [1.54, 1.807) is 28.6 Å². The fraction of sp³-hybridized carbons (Fsp3) is 0.261. The number of fused-ring (bicyclic) bond motifs is 1. The molecule has 5 rings (SSSR count). The predicted octanol–water partition coefficient (Wildman–Crippen LogP) is 4.45. The molecule has 1 amide bonds. The maximum Gasteiger partial charge on any atom is 0.253 e. The van der Waals surface area contributed by atoms with E-state index in [0.717, 1.165) is 15.8 Å². The average Bonchev–Trinajstić information content (AvgIpc) is 3.58. The Morgan fingerprint density at radius 1 is 1.21 bits per heavy atom. The van der Waals surface area contributed by atoms with Crippen LogP contribution in [-0.2, 0) is 21.4 Å². The lowest BCUT2D eigenvalue weighted by Gasteiger charge is -2.28. The van der Waals surface area contributed by atoms with Gasteiger partial charge in [-0.25, -0.2) is 13.4 Å². The van der Waals surface area contributed by atoms with Crippen molar-refractivity contribution in [3.05, 3.63) is 71.4 Å². The molecule has 0 bridgehead atoms. The maximum atomic E-state index is 13.9. The van der Waals surface area contributed by atoms with E-state index in [4.69, 9.17) is 4.98 Å². The van der Waals surface area contributed by atoms with Gasteiger partial charge in [0.15, 0.2) is 5.13 Å². The summed E-state index contributed by atoms with van der Waals surface area (Å²) in [6.45, 7) is 2.57. The minimum absolute atomic E-state index is 0.224. The molecule has 3 aromatic heterocycles. The van der Waals surface area contributed by atoms with Crippen LogP contribution in [0.1, 0.15) is 24.1 Å². The molecule has 0 aliphatic carbocycles. The van der Waals surface area contributed by atoms with Gasteiger partial charge in [-0.3, -0.25) is 14.7 Å². The first-order valence-electron chi connectivity index (χ1n) is 10.6. The number of thiophene rings is 1. The lowest BCUT2D eigenvalue weighted by atomic mass is 10.2. The van der Waals surface area contributed by atoms with Gasteiger partial charge in [0.05, 0.1) is 22.5 Å². The molecule has 0 saturated carbocycles. The molecule has 4 heterocycles. The standard InChI is InChI=1S/C23H22N4O3S3/c1-16-9-10-18-20(14-16)32-23(25-18)26(15-17-6-2-3-11-24-17)22(28)19-7-4-12-27(19)33(29,30)21-8-5-13-31-21/h2-3,5-6,8-11,13-14,19H,4,7,12,15H2,1H3/t19-/m1/s1. The molecule has 1 aliphatic heterocycles. The van der Waals surface area contributed by atoms with Crippen molar-refractivity contribution in [1.29, 1.82) is 0 Å². The summed E-state index contributed by atoms with van der Waals surface area (Å²) in [5.41, 5.74) is 2.64. The van der Waals surface area contributed by atoms with Crippen LogP contribution in [0, 0.1) is 6.92 Å². The molecule has 1 atom stereocenters. The van der Waals surface area contributed by atoms with Crippen molar-refractivity contribution in [2.45, 2.75) is 36.6 Å². The highest BCUT2D eigenvalue weighted by Gasteiger charge is 2.42. The van der Waals surface area contributed by atoms with Crippen LogP contribution in [0.4, 0.5) is 5.13 Å². The summed E-state index contributed by atoms with van der Waals surface area (Å²) in [5.74, 6) is -0.269. The fourth-order valence-corrected chi connectivity index (χ4v) is 7.85. The number of anilines is 1. The first-order chi connectivity index (χ1) is 15.9. The highest BCUT2D eigenvalue weighted by Crippen LogP contribution is 2.34. The Morgan fingerprint density at radius 2 is 2.09 bits per heavy atom. The molecule has 1 fully saturated rings. The van der Waals surface area contributed by atoms with Crippen molar-refractivity contribution >= 4 is 54.0 Å². The van der Waals surface area contributed by atoms with Crippen molar-refractivity contribution in [2.24, 2.45) is 0 Å². The monoisotopic (exact) mass is 498 g/mol. The number of pyridine rings is 1. The van der Waals surface area contributed by atoms with E-state index in [2.05, 4.69) is 4.98 Å². The normalized spacial score (nSPS) is 16.9. The van der Waals surface area contributed by atoms with Crippen LogP contribution >= 0.6 is 22.7 Å². The van der Waals surface area contributed by atoms with E-state index >= 15 is 0 Å². The van der Waals surface area contributed by atoms with Gasteiger partial charge < -0.3 is 0 Å². The zero-order valence-electron chi connectivity index (χ0n) is 17.9. The Balaban J connectivity index is 1.53. The third kappa shape index (κ3) is 4.31. The highest BCUT2D eigenvalue weighted by molar-refractivity contribution is 7.91. The van der Waals surface area contributed by atoms with E-state index in [9.17, 15) is 13.2 Å². The second-order valence-corrected chi connectivity index (χ2v) is 12.0. The van der Waals surface area contributed by atoms with Gasteiger partial charge in [0, 0.05) is 12.7 Å². The van der Waals surface area contributed by atoms with Crippen LogP contribution in [-0.4, -0.2) is 41.2 Å². The number of benzene rings is 1. The van der Waals surface area contributed by atoms with Gasteiger partial charge in [-0.2, -0.15) is 4.31 Å². The van der Waals surface area contributed by atoms with Crippen LogP contribution < -0.4 is 4.90 Å². The van der Waals surface area contributed by atoms with Gasteiger partial charge in [-0.05, 0) is 61.0 Å². The van der Waals surface area contributed by atoms with E-state index in [1.807, 2.05) is 43.3 Å². The van der Waals surface area contributed by atoms with Crippen LogP contribution in [0.2, 0.25) is 0 Å². The molecule has 0 N–H and O–H groups in total. The molecule has 0 spiro atoms. The van der Waals surface area contributed by atoms with Crippen molar-refractivity contribution < 1.29 is 13.2 Å². The molecule has 0 radical (unpaired) electrons. The average molecular weight is 499 g/mol. The number of sulfonamides is 1. The molecule has 1 aliphatic rings. The Labute approximate surface area is 200 Å². The summed E-state index contributed by atoms with van der Waals surface area (Å²) in [4.78, 5) is 24.6. The Morgan fingerprint density at radius 3 is 2.85 bits per heavy atom. The summed E-state index contributed by atoms with van der Waals surface area (Å²) in [6.07, 6.45) is 2.80. The molecule has 1 saturated heterocycles. The van der Waals surface area contributed by atoms with Gasteiger partial charge >= 0.3 is 0 Å². The Bertz CT molecular complexity index is 1390. The smallest absolute Gasteiger partial charge is 0.253 e. The van der Waals surface area contributed by atoms with Crippen molar-refractivity contribution in [1.82, 2.24) is 14.3 Å². The summed E-state index contributed by atoms with van der Waals surface area (Å²) in [6, 6.07) is 14.0. The number of thiazole rings is 1. The molecule has 170 valence electrons. The molecule has 0 unspecified atom stereocenters. The first-order valence-corrected chi connectivity index (χ1v) is 13.7. The number of amides is 1. The molecule has 10 heteroatoms. The largest absolute Gasteiger partial charge is 0.281 e. The lowest BCUT2D eigenvalue weighted by molar-refractivity contribution is -0.121. The minimum Gasteiger partial charge on any atom is -0.281 e. The van der Waals surface area contributed by atoms with Crippen LogP contribution in [0.15, 0.2) is 64.3 Å². The lowest BCUT2D eigenvalue weighted by Crippen LogP contribution is -2.47. The fourth-order valence-electron chi connectivity index (χ4n) is 4.01. The molecular weight excluding hydrogens is 476 g/mol. The second-order valence-electron chi connectivity index (χ2n) is 7.92. The number of carbonyl (C=O) groups is 1. The van der Waals surface area contributed by atoms with Crippen LogP contribution in [0.3, 0.4) is 0 Å². The number of aromatic nitrogens is 2. The van der Waals surface area contributed by atoms with Gasteiger partial charge in [-0.15, -0.1) is 11.3 Å². The van der Waals surface area contributed by atoms with E-state index in [1.165, 1.54) is 27.0 Å². The second kappa shape index (κ2) is 8.94. The van der Waals surface area contributed by atoms with E-state index in [0.29, 0.717) is 30.2 Å². The number of hydrogen-bond donors (Lipinski definition) is 0. The molecule has 33 heavy (non-hydrogen) atoms. The summed E-state index contributed by atoms with van der Waals surface area (Å²) in [5, 5.41) is 2.28. The first kappa shape index (κ1) is 22.1. The van der Waals surface area contributed by atoms with Crippen molar-refractivity contribution in [3.8, 4) is 0 Å². The summed E-state index contributed by atoms with van der Waals surface area (Å²) >= 11 is 2.60. The number of hydrogen-bond acceptors (Lipinski definition) is 7.